The lowest BCUT2D eigenvalue weighted by Gasteiger charge is -2.20. The van der Waals surface area contributed by atoms with E-state index in [0.29, 0.717) is 32.7 Å². The summed E-state index contributed by atoms with van der Waals surface area (Å²) in [5.74, 6) is 0. The Balaban J connectivity index is 1.45. The number of benzene rings is 9. The molecule has 0 aliphatic rings. The first-order valence-corrected chi connectivity index (χ1v) is 15.5. The molecule has 0 saturated carbocycles. The van der Waals surface area contributed by atoms with Crippen molar-refractivity contribution < 1.29 is 27.7 Å². The molecule has 0 atom stereocenters. The van der Waals surface area contributed by atoms with E-state index in [0.717, 1.165) is 0 Å². The van der Waals surface area contributed by atoms with Gasteiger partial charge in [-0.05, 0) is 107 Å². The fourth-order valence-electron chi connectivity index (χ4n) is 6.68. The molecule has 0 radical (unpaired) electrons. The van der Waals surface area contributed by atoms with Crippen molar-refractivity contribution in [2.45, 2.75) is 0 Å². The monoisotopic (exact) mass is 639 g/mol. The predicted octanol–water partition coefficient (Wildman–Crippen LogP) is 13.7. The van der Waals surface area contributed by atoms with Crippen LogP contribution in [0.1, 0.15) is 23.3 Å². The van der Waals surface area contributed by atoms with E-state index in [4.69, 9.17) is 20.9 Å². The van der Waals surface area contributed by atoms with Crippen molar-refractivity contribution in [1.82, 2.24) is 0 Å². The molecule has 1 aromatic heterocycles. The van der Waals surface area contributed by atoms with Gasteiger partial charge in [-0.1, -0.05) is 151 Å². The number of furan rings is 1. The van der Waals surface area contributed by atoms with Crippen LogP contribution >= 0.6 is 0 Å². The molecule has 0 aliphatic heterocycles. The third-order valence-corrected chi connectivity index (χ3v) is 8.75. The topological polar surface area (TPSA) is 13.1 Å². The second-order valence-corrected chi connectivity index (χ2v) is 11.5. The Morgan fingerprint density at radius 3 is 1.76 bits per heavy atom. The highest BCUT2D eigenvalue weighted by Gasteiger charge is 2.21. The minimum atomic E-state index is -0.735. The summed E-state index contributed by atoms with van der Waals surface area (Å²) in [6.45, 7) is 0. The largest absolute Gasteiger partial charge is 0.456 e. The highest BCUT2D eigenvalue weighted by atomic mass is 16.3. The molecule has 1 heteroatoms. The molecule has 0 saturated heterocycles. The van der Waals surface area contributed by atoms with Gasteiger partial charge in [0.1, 0.15) is 11.2 Å². The van der Waals surface area contributed by atoms with Crippen LogP contribution in [0.4, 0.5) is 0 Å². The summed E-state index contributed by atoms with van der Waals surface area (Å²) in [6, 6.07) is 12.5. The molecule has 0 bridgehead atoms. The van der Waals surface area contributed by atoms with Gasteiger partial charge in [-0.25, -0.2) is 0 Å². The Morgan fingerprint density at radius 2 is 1.02 bits per heavy atom. The third-order valence-electron chi connectivity index (χ3n) is 8.75. The van der Waals surface area contributed by atoms with Crippen LogP contribution in [0.25, 0.3) is 98.8 Å². The van der Waals surface area contributed by atoms with E-state index in [1.165, 1.54) is 0 Å². The van der Waals surface area contributed by atoms with Crippen LogP contribution < -0.4 is 0 Å². The van der Waals surface area contributed by atoms with Crippen LogP contribution in [0.15, 0.2) is 186 Å². The van der Waals surface area contributed by atoms with E-state index in [1.807, 2.05) is 0 Å². The maximum absolute atomic E-state index is 9.96. The number of hydrogen-bond acceptors (Lipinski definition) is 1. The van der Waals surface area contributed by atoms with E-state index in [2.05, 4.69) is 0 Å². The Bertz CT molecular complexity index is 3760. The van der Waals surface area contributed by atoms with E-state index >= 15 is 0 Å². The molecule has 0 aliphatic carbocycles. The minimum Gasteiger partial charge on any atom is -0.456 e. The maximum atomic E-state index is 9.96. The molecule has 10 aromatic rings. The summed E-state index contributed by atoms with van der Waals surface area (Å²) in [7, 11) is 0. The fraction of sp³-hybridized carbons (Fsp3) is 0. The van der Waals surface area contributed by atoms with E-state index in [9.17, 15) is 6.85 Å². The molecule has 228 valence electrons. The van der Waals surface area contributed by atoms with Crippen LogP contribution in [-0.2, 0) is 0 Å². The fourth-order valence-corrected chi connectivity index (χ4v) is 6.68. The van der Waals surface area contributed by atoms with Gasteiger partial charge in [-0.3, -0.25) is 0 Å². The van der Waals surface area contributed by atoms with Crippen molar-refractivity contribution in [2.75, 3.05) is 0 Å². The van der Waals surface area contributed by atoms with Gasteiger partial charge in [0.25, 0.3) is 0 Å². The van der Waals surface area contributed by atoms with Gasteiger partial charge in [0, 0.05) is 10.8 Å². The van der Waals surface area contributed by atoms with Crippen molar-refractivity contribution in [2.24, 2.45) is 0 Å². The van der Waals surface area contributed by atoms with Crippen LogP contribution in [0.5, 0.6) is 0 Å². The number of rotatable bonds is 4. The summed E-state index contributed by atoms with van der Waals surface area (Å²) in [5, 5.41) is 0.968. The lowest BCUT2D eigenvalue weighted by molar-refractivity contribution is 0.669. The van der Waals surface area contributed by atoms with Gasteiger partial charge in [0.2, 0.25) is 0 Å². The smallest absolute Gasteiger partial charge is 0.136 e. The highest BCUT2D eigenvalue weighted by molar-refractivity contribution is 6.27. The quantitative estimate of drug-likeness (QED) is 0.175. The number of hydrogen-bond donors (Lipinski definition) is 0. The van der Waals surface area contributed by atoms with Gasteiger partial charge < -0.3 is 4.42 Å². The first kappa shape index (κ1) is 15.6. The summed E-state index contributed by atoms with van der Waals surface area (Å²) in [6.07, 6.45) is 0. The van der Waals surface area contributed by atoms with Gasteiger partial charge in [-0.2, -0.15) is 0 Å². The van der Waals surface area contributed by atoms with E-state index < -0.39 is 95.7 Å². The maximum Gasteiger partial charge on any atom is 0.136 e. The average Bonchev–Trinajstić information content (AvgIpc) is 3.72. The van der Waals surface area contributed by atoms with E-state index in [-0.39, 0.29) is 73.1 Å². The van der Waals surface area contributed by atoms with Crippen LogP contribution in [-0.4, -0.2) is 0 Å². The second-order valence-electron chi connectivity index (χ2n) is 11.5. The van der Waals surface area contributed by atoms with Crippen molar-refractivity contribution in [3.8, 4) is 44.5 Å². The molecule has 1 heterocycles. The molecule has 0 N–H and O–H groups in total. The zero-order valence-corrected chi connectivity index (χ0v) is 25.4. The van der Waals surface area contributed by atoms with Gasteiger partial charge >= 0.3 is 0 Å². The first-order chi connectivity index (χ1) is 31.4. The average molecular weight is 640 g/mol. The highest BCUT2D eigenvalue weighted by Crippen LogP contribution is 2.48. The molecule has 0 fully saturated rings. The minimum absolute atomic E-state index is 0.0452. The van der Waals surface area contributed by atoms with Crippen LogP contribution in [0.3, 0.4) is 0 Å². The second kappa shape index (κ2) is 11.1. The Morgan fingerprint density at radius 1 is 0.367 bits per heavy atom. The standard InChI is InChI=1S/C48H30O/c1-3-14-31(15-4-1)33-26-27-44-43(29-33)48-41(24-13-25-45(48)49-44)46-37-20-9-11-22-39(37)47(40-23-12-10-21-38(40)46)42-30-35(32-16-5-2-6-17-32)28-34-18-7-8-19-36(34)42/h1-30H/i2D,5D,6D,7D,8D,13D,16D,17D,18D,19D,24D,25D,26D,27D,28D,29D,30D. The zero-order valence-electron chi connectivity index (χ0n) is 42.4. The first-order valence-electron chi connectivity index (χ1n) is 24.0. The lowest BCUT2D eigenvalue weighted by Crippen LogP contribution is -1.93. The Hall–Kier alpha value is -6.44. The third kappa shape index (κ3) is 4.40. The van der Waals surface area contributed by atoms with E-state index in [1.54, 1.807) is 78.9 Å². The molecular weight excluding hydrogens is 593 g/mol. The Labute approximate surface area is 308 Å². The molecular formula is C48H30O. The van der Waals surface area contributed by atoms with Crippen molar-refractivity contribution in [3.63, 3.8) is 0 Å². The van der Waals surface area contributed by atoms with Crippen LogP contribution in [0.2, 0.25) is 0 Å². The summed E-state index contributed by atoms with van der Waals surface area (Å²) in [5.41, 5.74) is -0.280. The zero-order chi connectivity index (χ0) is 47.1. The Kier molecular flexibility index (Phi) is 3.54. The molecule has 0 unspecified atom stereocenters. The summed E-state index contributed by atoms with van der Waals surface area (Å²) >= 11 is 0. The summed E-state index contributed by atoms with van der Waals surface area (Å²) < 4.78 is 160. The molecule has 0 spiro atoms. The van der Waals surface area contributed by atoms with Gasteiger partial charge in [-0.15, -0.1) is 0 Å². The molecule has 9 aromatic carbocycles. The molecule has 1 nitrogen and oxygen atoms in total. The SMILES string of the molecule is [2H]c1c([2H])c([2H])c(-c2c([2H])c(-c3c4ccccc4c(-c4c([2H])c([2H])c([2H])c5oc6c([2H])c([2H])c(-c7ccccc7)c([2H])c6c45)c4ccccc34)c3c([2H])c([2H])c([2H])c([2H])c3c2[2H])c([2H])c1[2H]. The van der Waals surface area contributed by atoms with Gasteiger partial charge in [0.05, 0.1) is 23.3 Å². The lowest BCUT2D eigenvalue weighted by atomic mass is 9.83. The van der Waals surface area contributed by atoms with Gasteiger partial charge in [0.15, 0.2) is 0 Å². The van der Waals surface area contributed by atoms with Crippen molar-refractivity contribution in [3.05, 3.63) is 182 Å². The van der Waals surface area contributed by atoms with Crippen molar-refractivity contribution in [1.29, 1.82) is 0 Å². The molecule has 49 heavy (non-hydrogen) atoms. The normalized spacial score (nSPS) is 16.5. The predicted molar refractivity (Wildman–Crippen MR) is 208 cm³/mol. The summed E-state index contributed by atoms with van der Waals surface area (Å²) in [4.78, 5) is 0. The number of fused-ring (bicyclic) bond motifs is 6. The van der Waals surface area contributed by atoms with Crippen LogP contribution in [0, 0.1) is 0 Å². The molecule has 10 rings (SSSR count). The van der Waals surface area contributed by atoms with Crippen molar-refractivity contribution >= 4 is 54.3 Å². The molecule has 0 amide bonds.